The Bertz CT molecular complexity index is 980. The van der Waals surface area contributed by atoms with Gasteiger partial charge in [-0.25, -0.2) is 9.50 Å². The Kier molecular flexibility index (Phi) is 3.10. The minimum Gasteiger partial charge on any atom is -0.265 e. The van der Waals surface area contributed by atoms with Crippen molar-refractivity contribution in [3.63, 3.8) is 0 Å². The molecule has 0 spiro atoms. The van der Waals surface area contributed by atoms with E-state index < -0.39 is 0 Å². The van der Waals surface area contributed by atoms with E-state index in [1.54, 1.807) is 29.1 Å². The highest BCUT2D eigenvalue weighted by Gasteiger charge is 2.31. The van der Waals surface area contributed by atoms with Crippen molar-refractivity contribution in [2.75, 3.05) is 0 Å². The predicted octanol–water partition coefficient (Wildman–Crippen LogP) is 3.16. The molecule has 120 valence electrons. The molecule has 5 nitrogen and oxygen atoms in total. The Hall–Kier alpha value is -1.82. The molecular weight excluding hydrogens is 308 g/mol. The lowest BCUT2D eigenvalue weighted by molar-refractivity contribution is 0.218. The highest BCUT2D eigenvalue weighted by molar-refractivity contribution is 7.19. The molecule has 1 aliphatic rings. The van der Waals surface area contributed by atoms with Crippen LogP contribution < -0.4 is 5.56 Å². The van der Waals surface area contributed by atoms with Crippen LogP contribution in [0.3, 0.4) is 0 Å². The number of fused-ring (bicyclic) bond motifs is 5. The van der Waals surface area contributed by atoms with Crippen LogP contribution in [0.1, 0.15) is 43.3 Å². The van der Waals surface area contributed by atoms with E-state index in [0.717, 1.165) is 23.1 Å². The predicted molar refractivity (Wildman–Crippen MR) is 92.1 cm³/mol. The second kappa shape index (κ2) is 4.84. The SMILES string of the molecule is Cc1nn2cnc3sc4c(c3c2nc1=O)CC[C@H](C(C)(C)C)C4. The number of hydrogen-bond acceptors (Lipinski definition) is 5. The third-order valence-electron chi connectivity index (χ3n) is 4.97. The van der Waals surface area contributed by atoms with Crippen molar-refractivity contribution in [1.29, 1.82) is 0 Å². The maximum Gasteiger partial charge on any atom is 0.294 e. The monoisotopic (exact) mass is 328 g/mol. The number of aromatic nitrogens is 4. The van der Waals surface area contributed by atoms with Crippen molar-refractivity contribution in [3.8, 4) is 0 Å². The average molecular weight is 328 g/mol. The molecule has 0 bridgehead atoms. The minimum atomic E-state index is -0.249. The van der Waals surface area contributed by atoms with Gasteiger partial charge in [0.25, 0.3) is 5.56 Å². The van der Waals surface area contributed by atoms with Crippen LogP contribution in [-0.4, -0.2) is 19.6 Å². The molecule has 0 N–H and O–H groups in total. The van der Waals surface area contributed by atoms with E-state index in [-0.39, 0.29) is 5.56 Å². The van der Waals surface area contributed by atoms with Crippen molar-refractivity contribution in [2.24, 2.45) is 11.3 Å². The second-order valence-corrected chi connectivity index (χ2v) is 8.59. The molecule has 0 saturated carbocycles. The molecule has 1 atom stereocenters. The van der Waals surface area contributed by atoms with Crippen LogP contribution in [0.25, 0.3) is 15.9 Å². The highest BCUT2D eigenvalue weighted by Crippen LogP contribution is 2.43. The van der Waals surface area contributed by atoms with Gasteiger partial charge in [-0.15, -0.1) is 11.3 Å². The fraction of sp³-hybridized carbons (Fsp3) is 0.529. The average Bonchev–Trinajstić information content (AvgIpc) is 2.85. The Morgan fingerprint density at radius 3 is 2.87 bits per heavy atom. The molecule has 3 aromatic heterocycles. The third kappa shape index (κ3) is 2.27. The zero-order chi connectivity index (χ0) is 16.4. The molecule has 4 rings (SSSR count). The largest absolute Gasteiger partial charge is 0.294 e. The summed E-state index contributed by atoms with van der Waals surface area (Å²) in [6, 6.07) is 0. The van der Waals surface area contributed by atoms with E-state index in [9.17, 15) is 4.79 Å². The van der Waals surface area contributed by atoms with Crippen LogP contribution in [0.5, 0.6) is 0 Å². The molecule has 0 aliphatic heterocycles. The third-order valence-corrected chi connectivity index (χ3v) is 6.13. The van der Waals surface area contributed by atoms with E-state index in [1.165, 1.54) is 16.9 Å². The van der Waals surface area contributed by atoms with Crippen LogP contribution in [0.2, 0.25) is 0 Å². The van der Waals surface area contributed by atoms with Crippen molar-refractivity contribution in [1.82, 2.24) is 19.6 Å². The first-order valence-electron chi connectivity index (χ1n) is 8.01. The molecule has 23 heavy (non-hydrogen) atoms. The van der Waals surface area contributed by atoms with Crippen LogP contribution >= 0.6 is 11.3 Å². The normalized spacial score (nSPS) is 18.5. The second-order valence-electron chi connectivity index (χ2n) is 7.50. The number of hydrogen-bond donors (Lipinski definition) is 0. The van der Waals surface area contributed by atoms with E-state index in [2.05, 4.69) is 35.8 Å². The molecule has 6 heteroatoms. The first kappa shape index (κ1) is 14.8. The van der Waals surface area contributed by atoms with Gasteiger partial charge in [-0.1, -0.05) is 20.8 Å². The summed E-state index contributed by atoms with van der Waals surface area (Å²) in [6.45, 7) is 8.63. The van der Waals surface area contributed by atoms with Gasteiger partial charge in [-0.3, -0.25) is 4.79 Å². The van der Waals surface area contributed by atoms with Gasteiger partial charge in [0.05, 0.1) is 5.39 Å². The number of aryl methyl sites for hydroxylation is 2. The standard InChI is InChI=1S/C17H20N4OS/c1-9-15(22)19-14-13-11-6-5-10(17(2,3)4)7-12(11)23-16(13)18-8-21(14)20-9/h8,10H,5-7H2,1-4H3/t10-/m0/s1. The fourth-order valence-electron chi connectivity index (χ4n) is 3.47. The van der Waals surface area contributed by atoms with Gasteiger partial charge in [-0.2, -0.15) is 10.1 Å². The number of nitrogens with zero attached hydrogens (tertiary/aromatic N) is 4. The van der Waals surface area contributed by atoms with Gasteiger partial charge in [0, 0.05) is 4.88 Å². The lowest BCUT2D eigenvalue weighted by Crippen LogP contribution is -2.26. The number of rotatable bonds is 0. The topological polar surface area (TPSA) is 60.1 Å². The van der Waals surface area contributed by atoms with Crippen LogP contribution in [0, 0.1) is 18.3 Å². The van der Waals surface area contributed by atoms with Gasteiger partial charge < -0.3 is 0 Å². The lowest BCUT2D eigenvalue weighted by Gasteiger charge is -2.33. The molecule has 1 aliphatic carbocycles. The van der Waals surface area contributed by atoms with Crippen LogP contribution in [0.15, 0.2) is 11.1 Å². The quantitative estimate of drug-likeness (QED) is 0.636. The molecular formula is C17H20N4OS. The molecule has 0 aromatic carbocycles. The molecule has 0 radical (unpaired) electrons. The smallest absolute Gasteiger partial charge is 0.265 e. The Morgan fingerprint density at radius 2 is 2.13 bits per heavy atom. The van der Waals surface area contributed by atoms with Crippen molar-refractivity contribution in [3.05, 3.63) is 32.8 Å². The molecule has 0 fully saturated rings. The van der Waals surface area contributed by atoms with Crippen molar-refractivity contribution < 1.29 is 0 Å². The Balaban J connectivity index is 1.96. The van der Waals surface area contributed by atoms with E-state index in [4.69, 9.17) is 0 Å². The lowest BCUT2D eigenvalue weighted by atomic mass is 9.72. The minimum absolute atomic E-state index is 0.249. The highest BCUT2D eigenvalue weighted by atomic mass is 32.1. The Labute approximate surface area is 138 Å². The van der Waals surface area contributed by atoms with E-state index >= 15 is 0 Å². The zero-order valence-electron chi connectivity index (χ0n) is 13.9. The Morgan fingerprint density at radius 1 is 1.35 bits per heavy atom. The molecule has 3 aromatic rings. The molecule has 0 unspecified atom stereocenters. The summed E-state index contributed by atoms with van der Waals surface area (Å²) in [7, 11) is 0. The molecule has 3 heterocycles. The molecule has 0 saturated heterocycles. The summed E-state index contributed by atoms with van der Waals surface area (Å²) < 4.78 is 1.64. The summed E-state index contributed by atoms with van der Waals surface area (Å²) in [6.07, 6.45) is 4.96. The fourth-order valence-corrected chi connectivity index (χ4v) is 4.73. The first-order valence-corrected chi connectivity index (χ1v) is 8.83. The summed E-state index contributed by atoms with van der Waals surface area (Å²) in [5, 5.41) is 5.32. The van der Waals surface area contributed by atoms with Gasteiger partial charge in [-0.05, 0) is 43.1 Å². The van der Waals surface area contributed by atoms with Gasteiger partial charge in [0.1, 0.15) is 16.9 Å². The summed E-state index contributed by atoms with van der Waals surface area (Å²) in [4.78, 5) is 23.1. The molecule has 0 amide bonds. The van der Waals surface area contributed by atoms with E-state index in [0.29, 0.717) is 22.7 Å². The van der Waals surface area contributed by atoms with Gasteiger partial charge in [0.2, 0.25) is 0 Å². The van der Waals surface area contributed by atoms with Crippen LogP contribution in [-0.2, 0) is 12.8 Å². The maximum absolute atomic E-state index is 11.9. The van der Waals surface area contributed by atoms with E-state index in [1.807, 2.05) is 0 Å². The summed E-state index contributed by atoms with van der Waals surface area (Å²) >= 11 is 1.75. The summed E-state index contributed by atoms with van der Waals surface area (Å²) in [5.41, 5.74) is 2.45. The zero-order valence-corrected chi connectivity index (χ0v) is 14.7. The summed E-state index contributed by atoms with van der Waals surface area (Å²) in [5.74, 6) is 0.686. The van der Waals surface area contributed by atoms with Crippen molar-refractivity contribution >= 4 is 27.2 Å². The van der Waals surface area contributed by atoms with Gasteiger partial charge in [0.15, 0.2) is 5.65 Å². The van der Waals surface area contributed by atoms with Crippen molar-refractivity contribution in [2.45, 2.75) is 47.0 Å². The maximum atomic E-state index is 11.9. The first-order chi connectivity index (χ1) is 10.8. The van der Waals surface area contributed by atoms with Crippen LogP contribution in [0.4, 0.5) is 0 Å². The van der Waals surface area contributed by atoms with Gasteiger partial charge >= 0.3 is 0 Å². The number of thiophene rings is 1.